The zero-order valence-corrected chi connectivity index (χ0v) is 27.6. The Morgan fingerprint density at radius 3 is 2.35 bits per heavy atom. The summed E-state index contributed by atoms with van der Waals surface area (Å²) < 4.78 is 32.3. The zero-order valence-electron chi connectivity index (χ0n) is 23.6. The number of hydrogen-bond acceptors (Lipinski definition) is 6. The van der Waals surface area contributed by atoms with E-state index >= 15 is 0 Å². The number of hydrogen-bond donors (Lipinski definition) is 3. The molecule has 3 N–H and O–H groups in total. The summed E-state index contributed by atoms with van der Waals surface area (Å²) in [6.45, 7) is 9.22. The largest absolute Gasteiger partial charge is 1.00 e. The third kappa shape index (κ3) is 6.40. The first-order valence-electron chi connectivity index (χ1n) is 14.4. The molecule has 7 nitrogen and oxygen atoms in total. The Kier molecular flexibility index (Phi) is 10.9. The van der Waals surface area contributed by atoms with E-state index < -0.39 is 15.9 Å². The second kappa shape index (κ2) is 12.4. The first kappa shape index (κ1) is 32.5. The molecule has 4 rings (SSSR count). The molecule has 4 aliphatic carbocycles. The van der Waals surface area contributed by atoms with Gasteiger partial charge in [0.15, 0.2) is 0 Å². The number of aliphatic hydroxyl groups excluding tert-OH is 2. The van der Waals surface area contributed by atoms with Crippen LogP contribution < -0.4 is 56.7 Å². The fraction of sp³-hybridized carbons (Fsp3) is 0.964. The minimum atomic E-state index is -4.32. The van der Waals surface area contributed by atoms with E-state index in [0.29, 0.717) is 41.9 Å². The van der Waals surface area contributed by atoms with Gasteiger partial charge >= 0.3 is 51.4 Å². The van der Waals surface area contributed by atoms with Crippen molar-refractivity contribution in [1.29, 1.82) is 0 Å². The topological polar surface area (TPSA) is 127 Å². The molecule has 0 aliphatic heterocycles. The molecule has 4 aliphatic rings. The van der Waals surface area contributed by atoms with Crippen molar-refractivity contribution >= 4 is 16.0 Å². The number of carbonyl (C=O) groups is 1. The van der Waals surface area contributed by atoms with Gasteiger partial charge in [-0.25, -0.2) is 8.42 Å². The Morgan fingerprint density at radius 1 is 1.05 bits per heavy atom. The monoisotopic (exact) mass is 565 g/mol. The van der Waals surface area contributed by atoms with E-state index in [1.807, 2.05) is 0 Å². The summed E-state index contributed by atoms with van der Waals surface area (Å²) in [5.41, 5.74) is 0.356. The van der Waals surface area contributed by atoms with Crippen molar-refractivity contribution < 1.29 is 79.4 Å². The van der Waals surface area contributed by atoms with Gasteiger partial charge in [0.25, 0.3) is 0 Å². The fourth-order valence-electron chi connectivity index (χ4n) is 9.90. The molecule has 1 amide bonds. The maximum atomic E-state index is 12.2. The minimum Gasteiger partial charge on any atom is -0.748 e. The van der Waals surface area contributed by atoms with Crippen molar-refractivity contribution in [3.8, 4) is 0 Å². The predicted octanol–water partition coefficient (Wildman–Crippen LogP) is 0.695. The summed E-state index contributed by atoms with van der Waals surface area (Å²) in [6.07, 6.45) is 8.86. The second-order valence-electron chi connectivity index (χ2n) is 13.2. The van der Waals surface area contributed by atoms with Crippen LogP contribution in [0.2, 0.25) is 0 Å². The average Bonchev–Trinajstić information content (AvgIpc) is 3.15. The maximum Gasteiger partial charge on any atom is 1.00 e. The molecule has 4 saturated carbocycles. The summed E-state index contributed by atoms with van der Waals surface area (Å²) >= 11 is 0. The van der Waals surface area contributed by atoms with Gasteiger partial charge in [0.1, 0.15) is 0 Å². The van der Waals surface area contributed by atoms with E-state index in [-0.39, 0.29) is 92.8 Å². The van der Waals surface area contributed by atoms with Crippen molar-refractivity contribution in [2.24, 2.45) is 52.3 Å². The van der Waals surface area contributed by atoms with Gasteiger partial charge in [0.05, 0.1) is 28.1 Å². The van der Waals surface area contributed by atoms with Crippen LogP contribution in [-0.2, 0) is 14.9 Å². The third-order valence-corrected chi connectivity index (χ3v) is 12.4. The molecular formula is C28H48KNO6S. The third-order valence-electron chi connectivity index (χ3n) is 11.7. The van der Waals surface area contributed by atoms with Crippen LogP contribution in [-0.4, -0.2) is 53.6 Å². The van der Waals surface area contributed by atoms with Crippen LogP contribution in [0, 0.1) is 52.3 Å². The summed E-state index contributed by atoms with van der Waals surface area (Å²) in [4.78, 5) is 12.2. The van der Waals surface area contributed by atoms with Gasteiger partial charge in [-0.1, -0.05) is 34.1 Å². The molecule has 0 aromatic carbocycles. The van der Waals surface area contributed by atoms with Crippen LogP contribution in [0.3, 0.4) is 0 Å². The Labute approximate surface area is 266 Å². The van der Waals surface area contributed by atoms with Crippen LogP contribution in [0.1, 0.15) is 91.9 Å². The minimum absolute atomic E-state index is 0. The summed E-state index contributed by atoms with van der Waals surface area (Å²) in [5.74, 6) is 2.09. The van der Waals surface area contributed by atoms with Gasteiger partial charge in [0.2, 0.25) is 5.91 Å². The van der Waals surface area contributed by atoms with Gasteiger partial charge in [-0.2, -0.15) is 0 Å². The molecule has 0 saturated heterocycles. The average molecular weight is 566 g/mol. The van der Waals surface area contributed by atoms with Crippen LogP contribution in [0.25, 0.3) is 0 Å². The molecule has 9 heteroatoms. The van der Waals surface area contributed by atoms with Crippen LogP contribution in [0.4, 0.5) is 0 Å². The van der Waals surface area contributed by atoms with E-state index in [1.54, 1.807) is 0 Å². The van der Waals surface area contributed by atoms with Crippen LogP contribution in [0.15, 0.2) is 0 Å². The molecule has 208 valence electrons. The predicted molar refractivity (Wildman–Crippen MR) is 138 cm³/mol. The molecule has 0 spiro atoms. The molecule has 37 heavy (non-hydrogen) atoms. The van der Waals surface area contributed by atoms with E-state index in [9.17, 15) is 28.0 Å². The van der Waals surface area contributed by atoms with E-state index in [2.05, 4.69) is 33.0 Å². The molecule has 0 radical (unpaired) electrons. The Bertz CT molecular complexity index is 916. The van der Waals surface area contributed by atoms with Gasteiger partial charge in [0, 0.05) is 13.0 Å². The quantitative estimate of drug-likeness (QED) is 0.294. The molecule has 4 fully saturated rings. The van der Waals surface area contributed by atoms with E-state index in [1.165, 1.54) is 0 Å². The Morgan fingerprint density at radius 2 is 1.70 bits per heavy atom. The number of nitrogens with one attached hydrogen (secondary N) is 1. The summed E-state index contributed by atoms with van der Waals surface area (Å²) in [7, 11) is -4.32. The van der Waals surface area contributed by atoms with Gasteiger partial charge in [-0.05, 0) is 104 Å². The van der Waals surface area contributed by atoms with Crippen molar-refractivity contribution in [2.75, 3.05) is 12.3 Å². The number of carbonyl (C=O) groups excluding carboxylic acids is 1. The SMILES string of the molecule is CC[C@H]1[C@@H](O)[C@@H]2[C@H](CC[C@]3(C)[C@@H]([C@H](C)CCC(=O)NCCS(=O)(=O)[O-])CC[C@@H]23)[C@@]2(C)CC[C@@H](O)C[C@@H]12.[K+]. The Balaban J connectivity index is 0.00000380. The maximum absolute atomic E-state index is 12.2. The van der Waals surface area contributed by atoms with E-state index in [4.69, 9.17) is 0 Å². The smallest absolute Gasteiger partial charge is 0.748 e. The zero-order chi connectivity index (χ0) is 26.5. The van der Waals surface area contributed by atoms with Gasteiger partial charge in [-0.3, -0.25) is 4.79 Å². The van der Waals surface area contributed by atoms with E-state index in [0.717, 1.165) is 57.8 Å². The Hall–Kier alpha value is 0.936. The van der Waals surface area contributed by atoms with Gasteiger partial charge in [-0.15, -0.1) is 0 Å². The van der Waals surface area contributed by atoms with Crippen molar-refractivity contribution in [3.05, 3.63) is 0 Å². The summed E-state index contributed by atoms with van der Waals surface area (Å²) in [5, 5.41) is 24.8. The number of amides is 1. The van der Waals surface area contributed by atoms with Crippen molar-refractivity contribution in [3.63, 3.8) is 0 Å². The van der Waals surface area contributed by atoms with Crippen LogP contribution in [0.5, 0.6) is 0 Å². The molecule has 0 bridgehead atoms. The first-order valence-corrected chi connectivity index (χ1v) is 16.0. The number of rotatable bonds is 8. The molecule has 0 unspecified atom stereocenters. The van der Waals surface area contributed by atoms with Crippen molar-refractivity contribution in [1.82, 2.24) is 5.32 Å². The summed E-state index contributed by atoms with van der Waals surface area (Å²) in [6, 6.07) is 0. The molecule has 0 aromatic heterocycles. The van der Waals surface area contributed by atoms with Crippen LogP contribution >= 0.6 is 0 Å². The fourth-order valence-corrected chi connectivity index (χ4v) is 10.2. The number of fused-ring (bicyclic) bond motifs is 5. The second-order valence-corrected chi connectivity index (χ2v) is 14.8. The normalized spacial score (nSPS) is 44.1. The van der Waals surface area contributed by atoms with Gasteiger partial charge < -0.3 is 20.1 Å². The first-order chi connectivity index (χ1) is 16.8. The standard InChI is InChI=1S/C28H49NO6S.K/c1-5-19-23-16-18(30)10-12-28(23,4)22-11-13-27(3)20(7-8-21(27)25(22)26(19)32)17(2)6-9-24(31)29-14-15-36(33,34)35;/h17-23,25-26,30,32H,5-16H2,1-4H3,(H,29,31)(H,33,34,35);/q;+1/p-1/t17-,18-,19-,20-,21+,22+,23+,25+,26-,27-,28-;/m1./s1. The molecular weight excluding hydrogens is 517 g/mol. The molecule has 0 aromatic rings. The molecule has 0 heterocycles. The number of aliphatic hydroxyl groups is 2. The molecule has 11 atom stereocenters. The van der Waals surface area contributed by atoms with Crippen molar-refractivity contribution in [2.45, 2.75) is 104 Å².